The minimum absolute atomic E-state index is 0.0415. The average Bonchev–Trinajstić information content (AvgIpc) is 2.58. The number of alkyl halides is 2. The summed E-state index contributed by atoms with van der Waals surface area (Å²) in [6, 6.07) is 11.1. The third kappa shape index (κ3) is 6.62. The topological polar surface area (TPSA) is 70.7 Å². The van der Waals surface area contributed by atoms with Crippen LogP contribution in [-0.4, -0.2) is 37.0 Å². The van der Waals surface area contributed by atoms with E-state index in [9.17, 15) is 18.4 Å². The SMILES string of the molecule is Cc1cccc(NC(=O)NC(=O)CN(C)Cc2cccc(OC(F)F)c2)c1C. The van der Waals surface area contributed by atoms with Gasteiger partial charge in [-0.15, -0.1) is 0 Å². The summed E-state index contributed by atoms with van der Waals surface area (Å²) in [4.78, 5) is 25.8. The number of carbonyl (C=O) groups excluding carboxylic acids is 2. The second-order valence-corrected chi connectivity index (χ2v) is 6.45. The van der Waals surface area contributed by atoms with Gasteiger partial charge < -0.3 is 10.1 Å². The van der Waals surface area contributed by atoms with Crippen molar-refractivity contribution >= 4 is 17.6 Å². The van der Waals surface area contributed by atoms with Gasteiger partial charge in [-0.05, 0) is 55.8 Å². The van der Waals surface area contributed by atoms with E-state index in [2.05, 4.69) is 15.4 Å². The fraction of sp³-hybridized carbons (Fsp3) is 0.300. The summed E-state index contributed by atoms with van der Waals surface area (Å²) in [6.45, 7) is 1.20. The Morgan fingerprint density at radius 3 is 2.57 bits per heavy atom. The molecular formula is C20H23F2N3O3. The molecule has 0 aliphatic rings. The maximum Gasteiger partial charge on any atom is 0.387 e. The summed E-state index contributed by atoms with van der Waals surface area (Å²) in [5.41, 5.74) is 3.29. The van der Waals surface area contributed by atoms with Gasteiger partial charge in [0.25, 0.3) is 0 Å². The van der Waals surface area contributed by atoms with Gasteiger partial charge in [-0.2, -0.15) is 8.78 Å². The molecule has 0 saturated carbocycles. The van der Waals surface area contributed by atoms with Gasteiger partial charge in [0, 0.05) is 12.2 Å². The van der Waals surface area contributed by atoms with Crippen molar-refractivity contribution in [3.05, 3.63) is 59.2 Å². The average molecular weight is 391 g/mol. The number of hydrogen-bond acceptors (Lipinski definition) is 4. The van der Waals surface area contributed by atoms with Crippen LogP contribution in [0.5, 0.6) is 5.75 Å². The molecule has 0 aliphatic carbocycles. The Hall–Kier alpha value is -3.00. The number of nitrogens with one attached hydrogen (secondary N) is 2. The Balaban J connectivity index is 1.85. The highest BCUT2D eigenvalue weighted by atomic mass is 19.3. The van der Waals surface area contributed by atoms with Crippen LogP contribution in [0, 0.1) is 13.8 Å². The number of benzene rings is 2. The highest BCUT2D eigenvalue weighted by molar-refractivity contribution is 6.02. The van der Waals surface area contributed by atoms with Crippen molar-refractivity contribution in [3.63, 3.8) is 0 Å². The van der Waals surface area contributed by atoms with E-state index >= 15 is 0 Å². The second-order valence-electron chi connectivity index (χ2n) is 6.45. The predicted molar refractivity (Wildman–Crippen MR) is 102 cm³/mol. The van der Waals surface area contributed by atoms with Crippen molar-refractivity contribution < 1.29 is 23.1 Å². The van der Waals surface area contributed by atoms with E-state index in [0.29, 0.717) is 17.8 Å². The molecule has 150 valence electrons. The number of anilines is 1. The number of halogens is 2. The zero-order valence-corrected chi connectivity index (χ0v) is 16.0. The largest absolute Gasteiger partial charge is 0.435 e. The predicted octanol–water partition coefficient (Wildman–Crippen LogP) is 3.68. The van der Waals surface area contributed by atoms with E-state index in [-0.39, 0.29) is 12.3 Å². The van der Waals surface area contributed by atoms with Crippen LogP contribution in [0.4, 0.5) is 19.3 Å². The maximum atomic E-state index is 12.3. The molecule has 0 spiro atoms. The monoisotopic (exact) mass is 391 g/mol. The second kappa shape index (κ2) is 9.80. The summed E-state index contributed by atoms with van der Waals surface area (Å²) in [7, 11) is 1.68. The molecule has 2 aromatic carbocycles. The number of imide groups is 1. The lowest BCUT2D eigenvalue weighted by molar-refractivity contribution is -0.120. The van der Waals surface area contributed by atoms with Crippen LogP contribution in [0.15, 0.2) is 42.5 Å². The van der Waals surface area contributed by atoms with E-state index in [0.717, 1.165) is 11.1 Å². The fourth-order valence-corrected chi connectivity index (χ4v) is 2.64. The number of rotatable bonds is 7. The molecule has 0 unspecified atom stereocenters. The molecule has 0 aromatic heterocycles. The zero-order chi connectivity index (χ0) is 20.7. The van der Waals surface area contributed by atoms with Crippen LogP contribution in [0.3, 0.4) is 0 Å². The molecule has 2 rings (SSSR count). The summed E-state index contributed by atoms with van der Waals surface area (Å²) in [5, 5.41) is 4.93. The van der Waals surface area contributed by atoms with E-state index < -0.39 is 18.5 Å². The van der Waals surface area contributed by atoms with Gasteiger partial charge in [-0.25, -0.2) is 4.79 Å². The molecule has 0 aliphatic heterocycles. The number of ether oxygens (including phenoxy) is 1. The van der Waals surface area contributed by atoms with Crippen LogP contribution in [-0.2, 0) is 11.3 Å². The number of carbonyl (C=O) groups is 2. The van der Waals surface area contributed by atoms with Crippen LogP contribution < -0.4 is 15.4 Å². The Labute approximate surface area is 162 Å². The van der Waals surface area contributed by atoms with Gasteiger partial charge in [0.2, 0.25) is 5.91 Å². The number of urea groups is 1. The minimum Gasteiger partial charge on any atom is -0.435 e. The van der Waals surface area contributed by atoms with Gasteiger partial charge in [-0.3, -0.25) is 15.0 Å². The highest BCUT2D eigenvalue weighted by Gasteiger charge is 2.13. The first kappa shape index (κ1) is 21.3. The third-order valence-electron chi connectivity index (χ3n) is 4.10. The molecule has 0 bridgehead atoms. The molecule has 0 atom stereocenters. The van der Waals surface area contributed by atoms with Gasteiger partial charge >= 0.3 is 12.6 Å². The first-order chi connectivity index (χ1) is 13.2. The fourth-order valence-electron chi connectivity index (χ4n) is 2.64. The summed E-state index contributed by atoms with van der Waals surface area (Å²) in [6.07, 6.45) is 0. The number of hydrogen-bond donors (Lipinski definition) is 2. The van der Waals surface area contributed by atoms with Crippen molar-refractivity contribution in [1.29, 1.82) is 0 Å². The molecule has 2 N–H and O–H groups in total. The molecule has 0 fully saturated rings. The number of aryl methyl sites for hydroxylation is 1. The molecule has 2 aromatic rings. The lowest BCUT2D eigenvalue weighted by Crippen LogP contribution is -2.40. The molecule has 6 nitrogen and oxygen atoms in total. The lowest BCUT2D eigenvalue weighted by Gasteiger charge is -2.17. The number of amides is 3. The van der Waals surface area contributed by atoms with E-state index in [1.165, 1.54) is 12.1 Å². The van der Waals surface area contributed by atoms with Gasteiger partial charge in [0.05, 0.1) is 6.54 Å². The van der Waals surface area contributed by atoms with Gasteiger partial charge in [-0.1, -0.05) is 24.3 Å². The van der Waals surface area contributed by atoms with Crippen molar-refractivity contribution in [2.24, 2.45) is 0 Å². The maximum absolute atomic E-state index is 12.3. The smallest absolute Gasteiger partial charge is 0.387 e. The first-order valence-electron chi connectivity index (χ1n) is 8.64. The normalized spacial score (nSPS) is 10.8. The summed E-state index contributed by atoms with van der Waals surface area (Å²) >= 11 is 0. The highest BCUT2D eigenvalue weighted by Crippen LogP contribution is 2.18. The Kier molecular flexibility index (Phi) is 7.45. The molecule has 28 heavy (non-hydrogen) atoms. The third-order valence-corrected chi connectivity index (χ3v) is 4.10. The molecule has 8 heteroatoms. The molecule has 0 saturated heterocycles. The van der Waals surface area contributed by atoms with Crippen molar-refractivity contribution in [3.8, 4) is 5.75 Å². The summed E-state index contributed by atoms with van der Waals surface area (Å²) < 4.78 is 28.9. The summed E-state index contributed by atoms with van der Waals surface area (Å²) in [5.74, 6) is -0.427. The molecule has 0 radical (unpaired) electrons. The van der Waals surface area contributed by atoms with E-state index in [1.807, 2.05) is 26.0 Å². The van der Waals surface area contributed by atoms with E-state index in [4.69, 9.17) is 0 Å². The van der Waals surface area contributed by atoms with Crippen molar-refractivity contribution in [2.45, 2.75) is 27.0 Å². The van der Waals surface area contributed by atoms with Crippen molar-refractivity contribution in [2.75, 3.05) is 18.9 Å². The minimum atomic E-state index is -2.89. The molecular weight excluding hydrogens is 368 g/mol. The Bertz CT molecular complexity index is 843. The van der Waals surface area contributed by atoms with Crippen LogP contribution in [0.25, 0.3) is 0 Å². The van der Waals surface area contributed by atoms with Gasteiger partial charge in [0.1, 0.15) is 5.75 Å². The van der Waals surface area contributed by atoms with Crippen LogP contribution >= 0.6 is 0 Å². The molecule has 0 heterocycles. The van der Waals surface area contributed by atoms with Gasteiger partial charge in [0.15, 0.2) is 0 Å². The Morgan fingerprint density at radius 1 is 1.14 bits per heavy atom. The number of likely N-dealkylation sites (N-methyl/N-ethyl adjacent to an activating group) is 1. The Morgan fingerprint density at radius 2 is 1.86 bits per heavy atom. The number of nitrogens with zero attached hydrogens (tertiary/aromatic N) is 1. The first-order valence-corrected chi connectivity index (χ1v) is 8.64. The van der Waals surface area contributed by atoms with Crippen LogP contribution in [0.1, 0.15) is 16.7 Å². The van der Waals surface area contributed by atoms with Crippen molar-refractivity contribution in [1.82, 2.24) is 10.2 Å². The lowest BCUT2D eigenvalue weighted by atomic mass is 10.1. The van der Waals surface area contributed by atoms with E-state index in [1.54, 1.807) is 30.1 Å². The zero-order valence-electron chi connectivity index (χ0n) is 16.0. The molecule has 3 amide bonds. The quantitative estimate of drug-likeness (QED) is 0.755. The standard InChI is InChI=1S/C20H23F2N3O3/c1-13-6-4-9-17(14(13)2)23-20(27)24-18(26)12-25(3)11-15-7-5-8-16(10-15)28-19(21)22/h4-10,19H,11-12H2,1-3H3,(H2,23,24,26,27). The van der Waals surface area contributed by atoms with Crippen LogP contribution in [0.2, 0.25) is 0 Å².